The summed E-state index contributed by atoms with van der Waals surface area (Å²) in [6, 6.07) is 7.42. The van der Waals surface area contributed by atoms with Gasteiger partial charge in [0, 0.05) is 39.3 Å². The number of pyridine rings is 1. The molecule has 2 amide bonds. The van der Waals surface area contributed by atoms with Crippen molar-refractivity contribution in [1.29, 1.82) is 0 Å². The van der Waals surface area contributed by atoms with Gasteiger partial charge in [0.2, 0.25) is 0 Å². The minimum Gasteiger partial charge on any atom is -0.469 e. The minimum atomic E-state index is -0.198. The number of carbonyl (C=O) groups excluding carboxylic acids is 1. The van der Waals surface area contributed by atoms with Gasteiger partial charge in [0.25, 0.3) is 0 Å². The van der Waals surface area contributed by atoms with Crippen molar-refractivity contribution in [1.82, 2.24) is 15.6 Å². The molecule has 1 atom stereocenters. The number of nitrogens with zero attached hydrogens (tertiary/aromatic N) is 2. The molecule has 2 aromatic rings. The van der Waals surface area contributed by atoms with Crippen LogP contribution in [0.2, 0.25) is 0 Å². The van der Waals surface area contributed by atoms with E-state index in [1.807, 2.05) is 50.2 Å². The molecule has 0 saturated heterocycles. The molecule has 6 heteroatoms. The second-order valence-corrected chi connectivity index (χ2v) is 5.43. The van der Waals surface area contributed by atoms with Crippen LogP contribution in [0, 0.1) is 0 Å². The first-order valence-electron chi connectivity index (χ1n) is 7.23. The predicted octanol–water partition coefficient (Wildman–Crippen LogP) is 2.17. The lowest BCUT2D eigenvalue weighted by molar-refractivity contribution is 0.237. The molecule has 0 aliphatic carbocycles. The van der Waals surface area contributed by atoms with Gasteiger partial charge in [0.05, 0.1) is 6.26 Å². The van der Waals surface area contributed by atoms with Crippen LogP contribution < -0.4 is 15.5 Å². The highest BCUT2D eigenvalue weighted by Crippen LogP contribution is 2.07. The van der Waals surface area contributed by atoms with Crippen LogP contribution in [0.25, 0.3) is 0 Å². The number of hydrogen-bond acceptors (Lipinski definition) is 4. The fourth-order valence-corrected chi connectivity index (χ4v) is 2.02. The summed E-state index contributed by atoms with van der Waals surface area (Å²) in [5.41, 5.74) is 0.958. The number of rotatable bonds is 6. The number of furan rings is 1. The van der Waals surface area contributed by atoms with E-state index in [0.717, 1.165) is 17.1 Å². The van der Waals surface area contributed by atoms with Crippen molar-refractivity contribution in [3.8, 4) is 0 Å². The molecule has 0 spiro atoms. The summed E-state index contributed by atoms with van der Waals surface area (Å²) in [7, 11) is 3.88. The van der Waals surface area contributed by atoms with Crippen LogP contribution in [0.15, 0.2) is 41.1 Å². The van der Waals surface area contributed by atoms with E-state index >= 15 is 0 Å². The van der Waals surface area contributed by atoms with Gasteiger partial charge in [-0.15, -0.1) is 0 Å². The molecule has 0 aromatic carbocycles. The van der Waals surface area contributed by atoms with Crippen molar-refractivity contribution in [3.05, 3.63) is 48.0 Å². The fraction of sp³-hybridized carbons (Fsp3) is 0.375. The Labute approximate surface area is 130 Å². The summed E-state index contributed by atoms with van der Waals surface area (Å²) in [5.74, 6) is 1.75. The first-order chi connectivity index (χ1) is 10.5. The zero-order valence-electron chi connectivity index (χ0n) is 13.2. The third-order valence-electron chi connectivity index (χ3n) is 3.19. The summed E-state index contributed by atoms with van der Waals surface area (Å²) in [6.07, 6.45) is 4.06. The Balaban J connectivity index is 1.75. The number of anilines is 1. The Bertz CT molecular complexity index is 579. The largest absolute Gasteiger partial charge is 0.469 e. The van der Waals surface area contributed by atoms with Crippen molar-refractivity contribution in [2.45, 2.75) is 25.9 Å². The molecule has 2 aromatic heterocycles. The van der Waals surface area contributed by atoms with Gasteiger partial charge < -0.3 is 20.0 Å². The molecule has 0 bridgehead atoms. The van der Waals surface area contributed by atoms with Gasteiger partial charge in [-0.25, -0.2) is 9.78 Å². The lowest BCUT2D eigenvalue weighted by Crippen LogP contribution is -2.41. The van der Waals surface area contributed by atoms with E-state index in [-0.39, 0.29) is 12.1 Å². The molecule has 0 fully saturated rings. The highest BCUT2D eigenvalue weighted by Gasteiger charge is 2.09. The lowest BCUT2D eigenvalue weighted by Gasteiger charge is -2.14. The van der Waals surface area contributed by atoms with Gasteiger partial charge in [0.1, 0.15) is 11.6 Å². The molecule has 2 heterocycles. The van der Waals surface area contributed by atoms with Crippen LogP contribution in [0.1, 0.15) is 18.2 Å². The predicted molar refractivity (Wildman–Crippen MR) is 85.8 cm³/mol. The molecular weight excluding hydrogens is 280 g/mol. The Morgan fingerprint density at radius 3 is 2.77 bits per heavy atom. The summed E-state index contributed by atoms with van der Waals surface area (Å²) < 4.78 is 5.26. The van der Waals surface area contributed by atoms with E-state index in [1.54, 1.807) is 12.5 Å². The average Bonchev–Trinajstić information content (AvgIpc) is 2.98. The topological polar surface area (TPSA) is 70.4 Å². The van der Waals surface area contributed by atoms with E-state index in [2.05, 4.69) is 15.6 Å². The lowest BCUT2D eigenvalue weighted by atomic mass is 10.2. The van der Waals surface area contributed by atoms with Gasteiger partial charge in [-0.2, -0.15) is 0 Å². The molecule has 118 valence electrons. The van der Waals surface area contributed by atoms with Crippen molar-refractivity contribution in [2.24, 2.45) is 0 Å². The fourth-order valence-electron chi connectivity index (χ4n) is 2.02. The second-order valence-electron chi connectivity index (χ2n) is 5.43. The maximum atomic E-state index is 11.8. The van der Waals surface area contributed by atoms with E-state index in [1.165, 1.54) is 0 Å². The summed E-state index contributed by atoms with van der Waals surface area (Å²) >= 11 is 0. The van der Waals surface area contributed by atoms with E-state index in [0.29, 0.717) is 13.0 Å². The molecule has 2 rings (SSSR count). The van der Waals surface area contributed by atoms with Crippen LogP contribution in [0.3, 0.4) is 0 Å². The van der Waals surface area contributed by atoms with E-state index < -0.39 is 0 Å². The minimum absolute atomic E-state index is 0.000363. The molecule has 0 unspecified atom stereocenters. The number of carbonyl (C=O) groups is 1. The Morgan fingerprint density at radius 2 is 2.18 bits per heavy atom. The van der Waals surface area contributed by atoms with Gasteiger partial charge in [0.15, 0.2) is 0 Å². The normalized spacial score (nSPS) is 11.8. The molecule has 0 aliphatic rings. The number of urea groups is 1. The van der Waals surface area contributed by atoms with Crippen molar-refractivity contribution < 1.29 is 9.21 Å². The molecule has 2 N–H and O–H groups in total. The van der Waals surface area contributed by atoms with Crippen LogP contribution in [0.5, 0.6) is 0 Å². The third-order valence-corrected chi connectivity index (χ3v) is 3.19. The van der Waals surface area contributed by atoms with Gasteiger partial charge in [-0.05, 0) is 30.7 Å². The highest BCUT2D eigenvalue weighted by molar-refractivity contribution is 5.74. The van der Waals surface area contributed by atoms with E-state index in [9.17, 15) is 4.79 Å². The second kappa shape index (κ2) is 7.49. The third kappa shape index (κ3) is 4.80. The smallest absolute Gasteiger partial charge is 0.315 e. The van der Waals surface area contributed by atoms with Gasteiger partial charge >= 0.3 is 6.03 Å². The zero-order chi connectivity index (χ0) is 15.9. The van der Waals surface area contributed by atoms with Gasteiger partial charge in [-0.1, -0.05) is 6.07 Å². The summed E-state index contributed by atoms with van der Waals surface area (Å²) in [6.45, 7) is 2.38. The first-order valence-corrected chi connectivity index (χ1v) is 7.23. The maximum absolute atomic E-state index is 11.8. The average molecular weight is 302 g/mol. The Hall–Kier alpha value is -2.50. The number of aromatic nitrogens is 1. The zero-order valence-corrected chi connectivity index (χ0v) is 13.2. The summed E-state index contributed by atoms with van der Waals surface area (Å²) in [4.78, 5) is 18.1. The van der Waals surface area contributed by atoms with Crippen molar-refractivity contribution in [2.75, 3.05) is 19.0 Å². The standard InChI is InChI=1S/C16H22N4O2/c1-12(9-14-5-4-8-22-14)19-16(21)18-11-13-6-7-15(17-10-13)20(2)3/h4-8,10,12H,9,11H2,1-3H3,(H2,18,19,21)/t12-/m0/s1. The molecule has 0 saturated carbocycles. The van der Waals surface area contributed by atoms with Crippen molar-refractivity contribution in [3.63, 3.8) is 0 Å². The molecule has 0 aliphatic heterocycles. The number of hydrogen-bond donors (Lipinski definition) is 2. The molecule has 22 heavy (non-hydrogen) atoms. The number of nitrogens with one attached hydrogen (secondary N) is 2. The van der Waals surface area contributed by atoms with Crippen LogP contribution >= 0.6 is 0 Å². The van der Waals surface area contributed by atoms with Crippen molar-refractivity contribution >= 4 is 11.8 Å². The monoisotopic (exact) mass is 302 g/mol. The first kappa shape index (κ1) is 15.9. The Kier molecular flexibility index (Phi) is 5.41. The summed E-state index contributed by atoms with van der Waals surface area (Å²) in [5, 5.41) is 5.70. The molecular formula is C16H22N4O2. The molecule has 0 radical (unpaired) electrons. The quantitative estimate of drug-likeness (QED) is 0.858. The Morgan fingerprint density at radius 1 is 1.36 bits per heavy atom. The maximum Gasteiger partial charge on any atom is 0.315 e. The van der Waals surface area contributed by atoms with Crippen LogP contribution in [-0.4, -0.2) is 31.2 Å². The highest BCUT2D eigenvalue weighted by atomic mass is 16.3. The molecule has 6 nitrogen and oxygen atoms in total. The SMILES string of the molecule is C[C@@H](Cc1ccco1)NC(=O)NCc1ccc(N(C)C)nc1. The van der Waals surface area contributed by atoms with E-state index in [4.69, 9.17) is 4.42 Å². The van der Waals surface area contributed by atoms with Crippen LogP contribution in [-0.2, 0) is 13.0 Å². The van der Waals surface area contributed by atoms with Gasteiger partial charge in [-0.3, -0.25) is 0 Å². The number of amides is 2. The van der Waals surface area contributed by atoms with Crippen LogP contribution in [0.4, 0.5) is 10.6 Å².